The standard InChI is InChI=1S/C49H77N15O11S2/c1-27(2)20-36(62-43(69)34(14-15-40(65)66)60-47(73)39(25-76)53-3)45(71)59-33(13-9-18-55-49(51)52)41(67)61-35(16-19-77-4)44(70)63-37(22-29-24-54-26-57-29)46(72)58-32(12-7-8-17-50)42(68)64-38(48(74)75)21-28-23-56-31-11-6-5-10-30(28)31/h5-6,10-11,23-24,26-27,32-39,56,76H,3,7-9,12-22,25,50,53H2,1-2,4H3,(H,54,57)(H,58,72)(H,59,71)(H,60,73)(H,61,67)(H,62,69)(H,63,70)(H,64,68)(H,65,66)(H,74,75)(H4,51,52,55). The molecule has 8 unspecified atom stereocenters. The number of hydrogen-bond donors (Lipinski definition) is 16. The van der Waals surface area contributed by atoms with Gasteiger partial charge >= 0.3 is 11.9 Å². The Morgan fingerprint density at radius 2 is 1.27 bits per heavy atom. The third kappa shape index (κ3) is 22.7. The molecule has 8 atom stereocenters. The second-order valence-corrected chi connectivity index (χ2v) is 20.1. The van der Waals surface area contributed by atoms with E-state index < -0.39 is 108 Å². The second kappa shape index (κ2) is 34.0. The Balaban J connectivity index is 1.92. The van der Waals surface area contributed by atoms with Gasteiger partial charge < -0.3 is 79.9 Å². The Hall–Kier alpha value is -6.91. The quantitative estimate of drug-likeness (QED) is 0.00945. The smallest absolute Gasteiger partial charge is 0.326 e. The number of nitrogens with one attached hydrogen (secondary N) is 9. The van der Waals surface area contributed by atoms with Crippen LogP contribution in [0.4, 0.5) is 0 Å². The van der Waals surface area contributed by atoms with E-state index in [2.05, 4.69) is 76.8 Å². The van der Waals surface area contributed by atoms with Crippen molar-refractivity contribution in [2.75, 3.05) is 30.9 Å². The second-order valence-electron chi connectivity index (χ2n) is 18.7. The fourth-order valence-corrected chi connectivity index (χ4v) is 8.79. The van der Waals surface area contributed by atoms with Gasteiger partial charge in [0.25, 0.3) is 5.91 Å². The van der Waals surface area contributed by atoms with Gasteiger partial charge in [-0.2, -0.15) is 31.4 Å². The van der Waals surface area contributed by atoms with Crippen molar-refractivity contribution in [3.8, 4) is 0 Å². The maximum atomic E-state index is 14.4. The fraction of sp³-hybridized carbons (Fsp3) is 0.551. The molecule has 19 N–H and O–H groups in total. The molecule has 26 nitrogen and oxygen atoms in total. The first-order valence-corrected chi connectivity index (χ1v) is 27.3. The molecule has 3 aromatic rings. The van der Waals surface area contributed by atoms with E-state index in [1.54, 1.807) is 26.3 Å². The highest BCUT2D eigenvalue weighted by Gasteiger charge is 2.35. The van der Waals surface area contributed by atoms with Gasteiger partial charge in [-0.15, -0.1) is 0 Å². The largest absolute Gasteiger partial charge is 0.481 e. The zero-order chi connectivity index (χ0) is 57.0. The number of aromatic amines is 2. The maximum absolute atomic E-state index is 14.4. The van der Waals surface area contributed by atoms with Crippen molar-refractivity contribution in [1.82, 2.24) is 52.2 Å². The van der Waals surface area contributed by atoms with Crippen LogP contribution in [0.3, 0.4) is 0 Å². The molecule has 0 spiro atoms. The molecule has 0 aliphatic carbocycles. The van der Waals surface area contributed by atoms with E-state index in [1.807, 2.05) is 24.3 Å². The number of carboxylic acids is 2. The Bertz CT molecular complexity index is 2430. The number of amides is 7. The van der Waals surface area contributed by atoms with Gasteiger partial charge in [-0.25, -0.2) is 9.78 Å². The third-order valence-corrected chi connectivity index (χ3v) is 13.2. The number of aromatic nitrogens is 3. The van der Waals surface area contributed by atoms with Crippen LogP contribution in [-0.2, 0) is 56.0 Å². The van der Waals surface area contributed by atoms with Crippen LogP contribution in [0.2, 0.25) is 0 Å². The number of aliphatic carboxylic acids is 2. The van der Waals surface area contributed by atoms with Crippen LogP contribution in [0.1, 0.15) is 82.9 Å². The highest BCUT2D eigenvalue weighted by Crippen LogP contribution is 2.20. The molecule has 0 fully saturated rings. The van der Waals surface area contributed by atoms with Crippen molar-refractivity contribution in [1.29, 1.82) is 0 Å². The monoisotopic (exact) mass is 1120 g/mol. The van der Waals surface area contributed by atoms with Crippen molar-refractivity contribution < 1.29 is 58.7 Å². The summed E-state index contributed by atoms with van der Waals surface area (Å²) in [5.41, 5.74) is 18.7. The number of aliphatic imine (C=N–C) groups is 1. The highest BCUT2D eigenvalue weighted by molar-refractivity contribution is 7.98. The summed E-state index contributed by atoms with van der Waals surface area (Å²) in [6.07, 6.45) is 6.31. The molecular formula is C49H77N15O11S2. The lowest BCUT2D eigenvalue weighted by Crippen LogP contribution is -2.88. The number of hydrogen-bond acceptors (Lipinski definition) is 14. The third-order valence-electron chi connectivity index (χ3n) is 12.2. The van der Waals surface area contributed by atoms with Gasteiger partial charge in [0.2, 0.25) is 35.4 Å². The topological polar surface area (TPSA) is 430 Å². The number of thiol groups is 1. The number of carbonyl (C=O) groups excluding carboxylic acids is 7. The molecule has 77 heavy (non-hydrogen) atoms. The number of nitrogens with zero attached hydrogens (tertiary/aromatic N) is 2. The lowest BCUT2D eigenvalue weighted by Gasteiger charge is -2.28. The highest BCUT2D eigenvalue weighted by atomic mass is 32.2. The number of thioether (sulfide) groups is 1. The van der Waals surface area contributed by atoms with Crippen LogP contribution < -0.4 is 59.7 Å². The number of para-hydroxylation sites is 1. The Labute approximate surface area is 456 Å². The molecule has 0 radical (unpaired) electrons. The molecule has 28 heteroatoms. The Morgan fingerprint density at radius 1 is 0.727 bits per heavy atom. The summed E-state index contributed by atoms with van der Waals surface area (Å²) in [7, 11) is 3.60. The predicted octanol–water partition coefficient (Wildman–Crippen LogP) is -2.35. The van der Waals surface area contributed by atoms with E-state index in [4.69, 9.17) is 17.2 Å². The molecule has 0 aliphatic heterocycles. The van der Waals surface area contributed by atoms with Crippen molar-refractivity contribution in [3.05, 3.63) is 61.3 Å². The minimum absolute atomic E-state index is 0.0400. The summed E-state index contributed by atoms with van der Waals surface area (Å²) in [5, 5.41) is 40.3. The van der Waals surface area contributed by atoms with Crippen LogP contribution >= 0.6 is 24.4 Å². The molecule has 1 aromatic carbocycles. The van der Waals surface area contributed by atoms with Crippen molar-refractivity contribution in [2.24, 2.45) is 28.1 Å². The SMILES string of the molecule is [CH2-][NH2+]C(CS)C(=O)NC(CCC(=O)O)C(=O)NC(CC(C)C)C(=O)NC(CCCN=C(N)N)C(=O)NC(CCSC)C(=O)NC(Cc1cnc[nH]1)C(=O)NC(CCCCN)C(=O)NC(Cc1c[nH]c2ccccc12)C(=O)O. The van der Waals surface area contributed by atoms with E-state index in [9.17, 15) is 53.4 Å². The number of unbranched alkanes of at least 4 members (excludes halogenated alkanes) is 1. The molecule has 7 amide bonds. The molecular weight excluding hydrogens is 1040 g/mol. The normalized spacial score (nSPS) is 14.3. The zero-order valence-electron chi connectivity index (χ0n) is 43.7. The van der Waals surface area contributed by atoms with Gasteiger partial charge in [0.05, 0.1) is 6.33 Å². The molecule has 0 saturated carbocycles. The first-order chi connectivity index (χ1) is 36.7. The Morgan fingerprint density at radius 3 is 1.82 bits per heavy atom. The van der Waals surface area contributed by atoms with Crippen LogP contribution in [0, 0.1) is 13.0 Å². The predicted molar refractivity (Wildman–Crippen MR) is 293 cm³/mol. The van der Waals surface area contributed by atoms with E-state index in [0.717, 1.165) is 10.9 Å². The summed E-state index contributed by atoms with van der Waals surface area (Å²) in [6.45, 7) is 3.89. The lowest BCUT2D eigenvalue weighted by atomic mass is 10.0. The van der Waals surface area contributed by atoms with Crippen molar-refractivity contribution in [2.45, 2.75) is 133 Å². The number of nitrogens with two attached hydrogens (primary N) is 4. The van der Waals surface area contributed by atoms with E-state index in [0.29, 0.717) is 29.9 Å². The molecule has 0 aliphatic rings. The number of rotatable bonds is 37. The van der Waals surface area contributed by atoms with E-state index >= 15 is 0 Å². The molecule has 0 bridgehead atoms. The summed E-state index contributed by atoms with van der Waals surface area (Å²) in [5.74, 6) is -8.07. The minimum Gasteiger partial charge on any atom is -0.481 e. The first-order valence-electron chi connectivity index (χ1n) is 25.3. The number of fused-ring (bicyclic) bond motifs is 1. The number of quaternary nitrogens is 1. The average Bonchev–Trinajstić information content (AvgIpc) is 4.06. The van der Waals surface area contributed by atoms with E-state index in [1.165, 1.54) is 29.6 Å². The molecule has 2 heterocycles. The van der Waals surface area contributed by atoms with Crippen LogP contribution in [-0.4, -0.2) is 164 Å². The number of imidazole rings is 1. The lowest BCUT2D eigenvalue weighted by molar-refractivity contribution is -0.615. The number of carboxylic acid groups (broad SMARTS) is 2. The van der Waals surface area contributed by atoms with Crippen molar-refractivity contribution in [3.63, 3.8) is 0 Å². The van der Waals surface area contributed by atoms with E-state index in [-0.39, 0.29) is 82.1 Å². The maximum Gasteiger partial charge on any atom is 0.326 e. The van der Waals surface area contributed by atoms with Gasteiger partial charge in [0, 0.05) is 60.6 Å². The number of H-pyrrole nitrogens is 2. The van der Waals surface area contributed by atoms with Gasteiger partial charge in [0.1, 0.15) is 42.3 Å². The summed E-state index contributed by atoms with van der Waals surface area (Å²) in [6, 6.07) is -2.89. The minimum atomic E-state index is -1.39. The summed E-state index contributed by atoms with van der Waals surface area (Å²) < 4.78 is 0. The number of carbonyl (C=O) groups is 9. The van der Waals surface area contributed by atoms with Crippen molar-refractivity contribution >= 4 is 94.5 Å². The summed E-state index contributed by atoms with van der Waals surface area (Å²) >= 11 is 5.51. The Kier molecular flexibility index (Phi) is 28.4. The molecule has 426 valence electrons. The molecule has 2 aromatic heterocycles. The van der Waals surface area contributed by atoms with Crippen LogP contribution in [0.15, 0.2) is 48.0 Å². The zero-order valence-corrected chi connectivity index (χ0v) is 45.4. The van der Waals surface area contributed by atoms with Gasteiger partial charge in [-0.3, -0.25) is 43.3 Å². The number of benzene rings is 1. The van der Waals surface area contributed by atoms with Crippen LogP contribution in [0.25, 0.3) is 10.9 Å². The van der Waals surface area contributed by atoms with Gasteiger partial charge in [-0.05, 0) is 87.5 Å². The molecule has 0 saturated heterocycles. The first kappa shape index (κ1) is 64.4. The van der Waals surface area contributed by atoms with Crippen LogP contribution in [0.5, 0.6) is 0 Å². The van der Waals surface area contributed by atoms with Gasteiger partial charge in [-0.1, -0.05) is 32.0 Å². The average molecular weight is 1120 g/mol. The number of guanidine groups is 1. The summed E-state index contributed by atoms with van der Waals surface area (Å²) in [4.78, 5) is 136. The van der Waals surface area contributed by atoms with Gasteiger partial charge in [0.15, 0.2) is 12.0 Å². The fourth-order valence-electron chi connectivity index (χ4n) is 8.00. The molecule has 3 rings (SSSR count).